The van der Waals surface area contributed by atoms with Crippen LogP contribution in [0.4, 0.5) is 0 Å². The highest BCUT2D eigenvalue weighted by molar-refractivity contribution is 5.18. The van der Waals surface area contributed by atoms with Gasteiger partial charge in [-0.15, -0.1) is 0 Å². The summed E-state index contributed by atoms with van der Waals surface area (Å²) in [6.45, 7) is 0. The molecule has 1 aliphatic carbocycles. The molecule has 21 heavy (non-hydrogen) atoms. The van der Waals surface area contributed by atoms with Crippen LogP contribution in [0.3, 0.4) is 0 Å². The first-order chi connectivity index (χ1) is 10.3. The molecule has 1 fully saturated rings. The smallest absolute Gasteiger partial charge is 0.228 e. The van der Waals surface area contributed by atoms with Crippen LogP contribution < -0.4 is 5.32 Å². The van der Waals surface area contributed by atoms with Crippen LogP contribution in [-0.4, -0.2) is 22.7 Å². The third-order valence-corrected chi connectivity index (χ3v) is 4.55. The Balaban J connectivity index is 1.67. The van der Waals surface area contributed by atoms with E-state index in [2.05, 4.69) is 27.6 Å². The maximum Gasteiger partial charge on any atom is 0.228 e. The van der Waals surface area contributed by atoms with Gasteiger partial charge in [-0.1, -0.05) is 54.8 Å². The lowest BCUT2D eigenvalue weighted by Gasteiger charge is -2.36. The Morgan fingerprint density at radius 3 is 2.62 bits per heavy atom. The minimum absolute atomic E-state index is 0.148. The molecular formula is C17H23N3O. The van der Waals surface area contributed by atoms with Crippen molar-refractivity contribution in [1.82, 2.24) is 15.5 Å². The van der Waals surface area contributed by atoms with Gasteiger partial charge in [0.15, 0.2) is 5.82 Å². The van der Waals surface area contributed by atoms with Gasteiger partial charge in [0.1, 0.15) is 0 Å². The topological polar surface area (TPSA) is 51.0 Å². The highest BCUT2D eigenvalue weighted by atomic mass is 16.5. The van der Waals surface area contributed by atoms with Crippen LogP contribution >= 0.6 is 0 Å². The van der Waals surface area contributed by atoms with Crippen molar-refractivity contribution in [2.75, 3.05) is 7.05 Å². The molecular weight excluding hydrogens is 262 g/mol. The van der Waals surface area contributed by atoms with E-state index >= 15 is 0 Å². The van der Waals surface area contributed by atoms with Crippen LogP contribution in [0, 0.1) is 0 Å². The minimum atomic E-state index is 0.148. The summed E-state index contributed by atoms with van der Waals surface area (Å²) in [4.78, 5) is 4.57. The summed E-state index contributed by atoms with van der Waals surface area (Å²) in [6, 6.07) is 10.3. The van der Waals surface area contributed by atoms with E-state index in [0.29, 0.717) is 0 Å². The van der Waals surface area contributed by atoms with Crippen LogP contribution in [0.5, 0.6) is 0 Å². The largest absolute Gasteiger partial charge is 0.339 e. The van der Waals surface area contributed by atoms with Gasteiger partial charge in [0.25, 0.3) is 0 Å². The van der Waals surface area contributed by atoms with E-state index in [1.807, 2.05) is 25.2 Å². The minimum Gasteiger partial charge on any atom is -0.339 e. The van der Waals surface area contributed by atoms with Gasteiger partial charge in [-0.25, -0.2) is 0 Å². The number of nitrogens with zero attached hydrogens (tertiary/aromatic N) is 2. The molecule has 0 amide bonds. The molecule has 1 saturated carbocycles. The van der Waals surface area contributed by atoms with Gasteiger partial charge in [-0.3, -0.25) is 0 Å². The number of benzene rings is 1. The highest BCUT2D eigenvalue weighted by Gasteiger charge is 2.32. The molecule has 0 radical (unpaired) electrons. The second-order valence-electron chi connectivity index (χ2n) is 6.03. The molecule has 0 bridgehead atoms. The molecule has 1 aliphatic rings. The van der Waals surface area contributed by atoms with E-state index in [-0.39, 0.29) is 5.54 Å². The Labute approximate surface area is 126 Å². The van der Waals surface area contributed by atoms with Gasteiger partial charge in [0.2, 0.25) is 5.89 Å². The first-order valence-corrected chi connectivity index (χ1v) is 7.84. The second-order valence-corrected chi connectivity index (χ2v) is 6.03. The lowest BCUT2D eigenvalue weighted by molar-refractivity contribution is 0.221. The summed E-state index contributed by atoms with van der Waals surface area (Å²) in [6.07, 6.45) is 7.87. The molecule has 1 aromatic heterocycles. The van der Waals surface area contributed by atoms with Crippen molar-refractivity contribution in [3.8, 4) is 0 Å². The quantitative estimate of drug-likeness (QED) is 0.917. The molecule has 0 aliphatic heterocycles. The molecule has 4 heteroatoms. The molecule has 0 saturated heterocycles. The Hall–Kier alpha value is -1.68. The average Bonchev–Trinajstić information content (AvgIpc) is 2.96. The van der Waals surface area contributed by atoms with Gasteiger partial charge < -0.3 is 9.84 Å². The molecule has 1 heterocycles. The van der Waals surface area contributed by atoms with Gasteiger partial charge in [-0.05, 0) is 25.5 Å². The average molecular weight is 285 g/mol. The van der Waals surface area contributed by atoms with Gasteiger partial charge in [-0.2, -0.15) is 4.98 Å². The van der Waals surface area contributed by atoms with Crippen LogP contribution in [0.15, 0.2) is 34.9 Å². The zero-order valence-electron chi connectivity index (χ0n) is 12.6. The molecule has 0 unspecified atom stereocenters. The van der Waals surface area contributed by atoms with E-state index < -0.39 is 0 Å². The summed E-state index contributed by atoms with van der Waals surface area (Å²) in [5.74, 6) is 1.54. The third kappa shape index (κ3) is 3.50. The first-order valence-electron chi connectivity index (χ1n) is 7.84. The highest BCUT2D eigenvalue weighted by Crippen LogP contribution is 2.30. The van der Waals surface area contributed by atoms with Crippen molar-refractivity contribution in [2.24, 2.45) is 0 Å². The number of nitrogens with one attached hydrogen (secondary N) is 1. The maximum atomic E-state index is 5.47. The SMILES string of the molecule is CNC1(Cc2nc(Cc3ccccc3)no2)CCCCC1. The van der Waals surface area contributed by atoms with Gasteiger partial charge in [0.05, 0.1) is 0 Å². The monoisotopic (exact) mass is 285 g/mol. The number of hydrogen-bond acceptors (Lipinski definition) is 4. The van der Waals surface area contributed by atoms with E-state index in [1.165, 1.54) is 37.7 Å². The summed E-state index contributed by atoms with van der Waals surface area (Å²) in [5.41, 5.74) is 1.36. The molecule has 2 aromatic rings. The lowest BCUT2D eigenvalue weighted by atomic mass is 9.79. The standard InChI is InChI=1S/C17H23N3O/c1-18-17(10-6-3-7-11-17)13-16-19-15(20-21-16)12-14-8-4-2-5-9-14/h2,4-5,8-9,18H,3,6-7,10-13H2,1H3. The molecule has 4 nitrogen and oxygen atoms in total. The Morgan fingerprint density at radius 1 is 1.14 bits per heavy atom. The van der Waals surface area contributed by atoms with Crippen LogP contribution in [0.25, 0.3) is 0 Å². The van der Waals surface area contributed by atoms with E-state index in [1.54, 1.807) is 0 Å². The Morgan fingerprint density at radius 2 is 1.90 bits per heavy atom. The number of likely N-dealkylation sites (N-methyl/N-ethyl adjacent to an activating group) is 1. The van der Waals surface area contributed by atoms with Crippen LogP contribution in [-0.2, 0) is 12.8 Å². The molecule has 3 rings (SSSR count). The predicted molar refractivity (Wildman–Crippen MR) is 82.1 cm³/mol. The van der Waals surface area contributed by atoms with Crippen molar-refractivity contribution >= 4 is 0 Å². The fourth-order valence-electron chi connectivity index (χ4n) is 3.25. The molecule has 0 spiro atoms. The third-order valence-electron chi connectivity index (χ3n) is 4.55. The van der Waals surface area contributed by atoms with E-state index in [0.717, 1.165) is 24.6 Å². The summed E-state index contributed by atoms with van der Waals surface area (Å²) < 4.78 is 5.47. The zero-order chi connectivity index (χ0) is 14.5. The fourth-order valence-corrected chi connectivity index (χ4v) is 3.25. The molecule has 112 valence electrons. The molecule has 1 aromatic carbocycles. The normalized spacial score (nSPS) is 17.8. The predicted octanol–water partition coefficient (Wildman–Crippen LogP) is 3.13. The zero-order valence-corrected chi connectivity index (χ0v) is 12.6. The lowest BCUT2D eigenvalue weighted by Crippen LogP contribution is -2.46. The number of hydrogen-bond donors (Lipinski definition) is 1. The van der Waals surface area contributed by atoms with Crippen LogP contribution in [0.1, 0.15) is 49.4 Å². The maximum absolute atomic E-state index is 5.47. The first kappa shape index (κ1) is 14.3. The number of aromatic nitrogens is 2. The van der Waals surface area contributed by atoms with Crippen molar-refractivity contribution in [3.05, 3.63) is 47.6 Å². The molecule has 1 N–H and O–H groups in total. The second kappa shape index (κ2) is 6.39. The Kier molecular flexibility index (Phi) is 4.34. The van der Waals surface area contributed by atoms with Gasteiger partial charge >= 0.3 is 0 Å². The van der Waals surface area contributed by atoms with Crippen molar-refractivity contribution in [1.29, 1.82) is 0 Å². The van der Waals surface area contributed by atoms with Gasteiger partial charge in [0, 0.05) is 18.4 Å². The summed E-state index contributed by atoms with van der Waals surface area (Å²) in [7, 11) is 2.05. The summed E-state index contributed by atoms with van der Waals surface area (Å²) >= 11 is 0. The fraction of sp³-hybridized carbons (Fsp3) is 0.529. The Bertz CT molecular complexity index is 558. The van der Waals surface area contributed by atoms with E-state index in [4.69, 9.17) is 4.52 Å². The van der Waals surface area contributed by atoms with Crippen molar-refractivity contribution < 1.29 is 4.52 Å². The van der Waals surface area contributed by atoms with Crippen LogP contribution in [0.2, 0.25) is 0 Å². The summed E-state index contributed by atoms with van der Waals surface area (Å²) in [5, 5.41) is 7.63. The van der Waals surface area contributed by atoms with E-state index in [9.17, 15) is 0 Å². The molecule has 0 atom stereocenters. The van der Waals surface area contributed by atoms with Crippen molar-refractivity contribution in [2.45, 2.75) is 50.5 Å². The number of rotatable bonds is 5. The van der Waals surface area contributed by atoms with Crippen molar-refractivity contribution in [3.63, 3.8) is 0 Å².